The van der Waals surface area contributed by atoms with Crippen molar-refractivity contribution < 1.29 is 4.39 Å². The van der Waals surface area contributed by atoms with Gasteiger partial charge >= 0.3 is 0 Å². The first kappa shape index (κ1) is 17.2. The highest BCUT2D eigenvalue weighted by Gasteiger charge is 2.22. The SMILES string of the molecule is CC(c1cn(-c2ccccc2F)nn1)n1cc(C2=NCC=C2)c2c(N)ncnc21. The zero-order chi connectivity index (χ0) is 20.0. The number of fused-ring (bicyclic) bond motifs is 1. The van der Waals surface area contributed by atoms with E-state index in [2.05, 4.69) is 25.3 Å². The van der Waals surface area contributed by atoms with E-state index in [4.69, 9.17) is 5.73 Å². The van der Waals surface area contributed by atoms with E-state index in [0.29, 0.717) is 29.4 Å². The molecule has 29 heavy (non-hydrogen) atoms. The van der Waals surface area contributed by atoms with E-state index in [1.165, 1.54) is 17.1 Å². The molecule has 5 rings (SSSR count). The van der Waals surface area contributed by atoms with Crippen molar-refractivity contribution in [2.75, 3.05) is 12.3 Å². The van der Waals surface area contributed by atoms with Gasteiger partial charge < -0.3 is 10.3 Å². The predicted octanol–water partition coefficient (Wildman–Crippen LogP) is 2.70. The summed E-state index contributed by atoms with van der Waals surface area (Å²) >= 11 is 0. The normalized spacial score (nSPS) is 14.5. The molecule has 9 heteroatoms. The number of nitrogens with zero attached hydrogens (tertiary/aromatic N) is 7. The van der Waals surface area contributed by atoms with Gasteiger partial charge in [0.1, 0.15) is 35.0 Å². The number of aliphatic imine (C=N–C) groups is 1. The van der Waals surface area contributed by atoms with Crippen LogP contribution in [0.3, 0.4) is 0 Å². The summed E-state index contributed by atoms with van der Waals surface area (Å²) in [5.41, 5.74) is 9.57. The van der Waals surface area contributed by atoms with Crippen molar-refractivity contribution in [2.45, 2.75) is 13.0 Å². The molecule has 4 heterocycles. The number of nitrogen functional groups attached to an aromatic ring is 1. The van der Waals surface area contributed by atoms with Crippen molar-refractivity contribution >= 4 is 22.6 Å². The molecule has 2 N–H and O–H groups in total. The van der Waals surface area contributed by atoms with E-state index in [0.717, 1.165) is 16.7 Å². The summed E-state index contributed by atoms with van der Waals surface area (Å²) in [6.07, 6.45) is 9.06. The number of halogens is 1. The molecular weight excluding hydrogens is 371 g/mol. The Bertz CT molecular complexity index is 1280. The third-order valence-corrected chi connectivity index (χ3v) is 5.01. The molecule has 0 saturated carbocycles. The fourth-order valence-electron chi connectivity index (χ4n) is 3.51. The van der Waals surface area contributed by atoms with Crippen molar-refractivity contribution in [3.8, 4) is 5.69 Å². The lowest BCUT2D eigenvalue weighted by atomic mass is 10.1. The van der Waals surface area contributed by atoms with Gasteiger partial charge in [0.2, 0.25) is 0 Å². The molecule has 3 aromatic heterocycles. The molecular formula is C20H17FN8. The summed E-state index contributed by atoms with van der Waals surface area (Å²) in [5.74, 6) is 0.0332. The summed E-state index contributed by atoms with van der Waals surface area (Å²) in [6.45, 7) is 2.62. The molecule has 1 atom stereocenters. The average Bonchev–Trinajstić information content (AvgIpc) is 3.47. The van der Waals surface area contributed by atoms with Gasteiger partial charge in [-0.2, -0.15) is 0 Å². The number of hydrogen-bond acceptors (Lipinski definition) is 6. The number of aromatic nitrogens is 6. The van der Waals surface area contributed by atoms with Gasteiger partial charge in [0.25, 0.3) is 0 Å². The first-order valence-electron chi connectivity index (χ1n) is 9.13. The van der Waals surface area contributed by atoms with Crippen LogP contribution in [0.5, 0.6) is 0 Å². The topological polar surface area (TPSA) is 99.8 Å². The van der Waals surface area contributed by atoms with E-state index in [1.807, 2.05) is 29.8 Å². The maximum atomic E-state index is 14.1. The lowest BCUT2D eigenvalue weighted by molar-refractivity contribution is 0.607. The smallest absolute Gasteiger partial charge is 0.148 e. The Morgan fingerprint density at radius 2 is 2.03 bits per heavy atom. The minimum atomic E-state index is -0.364. The van der Waals surface area contributed by atoms with Gasteiger partial charge in [-0.15, -0.1) is 5.10 Å². The molecule has 4 aromatic rings. The van der Waals surface area contributed by atoms with Crippen molar-refractivity contribution in [3.63, 3.8) is 0 Å². The van der Waals surface area contributed by atoms with Crippen LogP contribution in [-0.2, 0) is 0 Å². The van der Waals surface area contributed by atoms with Crippen LogP contribution in [-0.4, -0.2) is 41.8 Å². The monoisotopic (exact) mass is 388 g/mol. The molecule has 144 valence electrons. The first-order valence-corrected chi connectivity index (χ1v) is 9.13. The van der Waals surface area contributed by atoms with Crippen molar-refractivity contribution in [1.29, 1.82) is 0 Å². The molecule has 1 aliphatic heterocycles. The lowest BCUT2D eigenvalue weighted by Gasteiger charge is -2.11. The van der Waals surface area contributed by atoms with Crippen LogP contribution in [0.4, 0.5) is 10.2 Å². The minimum absolute atomic E-state index is 0.216. The summed E-state index contributed by atoms with van der Waals surface area (Å²) in [7, 11) is 0. The highest BCUT2D eigenvalue weighted by atomic mass is 19.1. The average molecular weight is 388 g/mol. The Labute approximate surface area is 165 Å². The van der Waals surface area contributed by atoms with Crippen molar-refractivity contribution in [1.82, 2.24) is 29.5 Å². The molecule has 0 radical (unpaired) electrons. The first-order chi connectivity index (χ1) is 14.1. The van der Waals surface area contributed by atoms with Gasteiger partial charge in [-0.05, 0) is 25.1 Å². The van der Waals surface area contributed by atoms with Crippen LogP contribution in [0, 0.1) is 5.82 Å². The van der Waals surface area contributed by atoms with E-state index in [-0.39, 0.29) is 11.9 Å². The number of rotatable bonds is 4. The summed E-state index contributed by atoms with van der Waals surface area (Å²) in [4.78, 5) is 13.1. The van der Waals surface area contributed by atoms with Gasteiger partial charge in [-0.3, -0.25) is 4.99 Å². The molecule has 0 fully saturated rings. The van der Waals surface area contributed by atoms with E-state index >= 15 is 0 Å². The number of para-hydroxylation sites is 1. The Hall–Kier alpha value is -3.88. The predicted molar refractivity (Wildman–Crippen MR) is 108 cm³/mol. The van der Waals surface area contributed by atoms with Crippen LogP contribution in [0.25, 0.3) is 16.7 Å². The third-order valence-electron chi connectivity index (χ3n) is 5.01. The molecule has 1 aliphatic rings. The van der Waals surface area contributed by atoms with Gasteiger partial charge in [-0.25, -0.2) is 19.0 Å². The van der Waals surface area contributed by atoms with Crippen LogP contribution >= 0.6 is 0 Å². The van der Waals surface area contributed by atoms with Gasteiger partial charge in [0, 0.05) is 11.8 Å². The lowest BCUT2D eigenvalue weighted by Crippen LogP contribution is -2.07. The summed E-state index contributed by atoms with van der Waals surface area (Å²) < 4.78 is 17.5. The second-order valence-corrected chi connectivity index (χ2v) is 6.75. The van der Waals surface area contributed by atoms with E-state index < -0.39 is 0 Å². The third kappa shape index (κ3) is 2.78. The number of benzene rings is 1. The molecule has 0 saturated heterocycles. The Morgan fingerprint density at radius 1 is 1.17 bits per heavy atom. The number of anilines is 1. The van der Waals surface area contributed by atoms with Crippen LogP contribution in [0.1, 0.15) is 24.2 Å². The second-order valence-electron chi connectivity index (χ2n) is 6.75. The van der Waals surface area contributed by atoms with E-state index in [1.54, 1.807) is 24.4 Å². The van der Waals surface area contributed by atoms with Gasteiger partial charge in [0.05, 0.1) is 29.9 Å². The largest absolute Gasteiger partial charge is 0.383 e. The van der Waals surface area contributed by atoms with Crippen molar-refractivity contribution in [3.05, 3.63) is 72.2 Å². The highest BCUT2D eigenvalue weighted by molar-refractivity contribution is 6.18. The zero-order valence-corrected chi connectivity index (χ0v) is 15.6. The zero-order valence-electron chi connectivity index (χ0n) is 15.6. The number of hydrogen-bond donors (Lipinski definition) is 1. The molecule has 1 unspecified atom stereocenters. The summed E-state index contributed by atoms with van der Waals surface area (Å²) in [5, 5.41) is 9.10. The molecule has 0 spiro atoms. The fourth-order valence-corrected chi connectivity index (χ4v) is 3.51. The number of nitrogens with two attached hydrogens (primary N) is 1. The Morgan fingerprint density at radius 3 is 2.83 bits per heavy atom. The maximum Gasteiger partial charge on any atom is 0.148 e. The highest BCUT2D eigenvalue weighted by Crippen LogP contribution is 2.30. The standard InChI is InChI=1S/C20H17FN8/c1-12(16-10-29(27-26-16)17-7-3-2-5-14(17)21)28-9-13(15-6-4-8-23-15)18-19(22)24-11-25-20(18)28/h2-7,9-12H,8H2,1H3,(H2,22,24,25). The molecule has 0 bridgehead atoms. The maximum absolute atomic E-state index is 14.1. The minimum Gasteiger partial charge on any atom is -0.383 e. The molecule has 8 nitrogen and oxygen atoms in total. The van der Waals surface area contributed by atoms with Crippen LogP contribution < -0.4 is 5.73 Å². The summed E-state index contributed by atoms with van der Waals surface area (Å²) in [6, 6.07) is 6.22. The van der Waals surface area contributed by atoms with Crippen molar-refractivity contribution in [2.24, 2.45) is 4.99 Å². The Balaban J connectivity index is 1.61. The van der Waals surface area contributed by atoms with Gasteiger partial charge in [-0.1, -0.05) is 23.4 Å². The van der Waals surface area contributed by atoms with Crippen LogP contribution in [0.15, 0.2) is 60.1 Å². The Kier molecular flexibility index (Phi) is 3.94. The fraction of sp³-hybridized carbons (Fsp3) is 0.150. The van der Waals surface area contributed by atoms with Crippen LogP contribution in [0.2, 0.25) is 0 Å². The quantitative estimate of drug-likeness (QED) is 0.579. The second kappa shape index (κ2) is 6.62. The molecule has 0 aliphatic carbocycles. The molecule has 0 amide bonds. The van der Waals surface area contributed by atoms with E-state index in [9.17, 15) is 4.39 Å². The van der Waals surface area contributed by atoms with Gasteiger partial charge in [0.15, 0.2) is 0 Å². The number of allylic oxidation sites excluding steroid dienone is 1. The molecule has 1 aromatic carbocycles.